The van der Waals surface area contributed by atoms with Gasteiger partial charge in [-0.1, -0.05) is 78.4 Å². The van der Waals surface area contributed by atoms with Crippen molar-refractivity contribution in [3.63, 3.8) is 0 Å². The highest BCUT2D eigenvalue weighted by Crippen LogP contribution is 2.47. The van der Waals surface area contributed by atoms with Crippen LogP contribution in [-0.2, 0) is 15.4 Å². The van der Waals surface area contributed by atoms with Gasteiger partial charge in [0.25, 0.3) is 0 Å². The van der Waals surface area contributed by atoms with Crippen LogP contribution in [0.25, 0.3) is 0 Å². The first-order chi connectivity index (χ1) is 15.1. The zero-order chi connectivity index (χ0) is 23.0. The van der Waals surface area contributed by atoms with E-state index in [0.717, 1.165) is 21.0 Å². The third-order valence-corrected chi connectivity index (χ3v) is 8.08. The predicted molar refractivity (Wildman–Crippen MR) is 118 cm³/mol. The second-order valence-corrected chi connectivity index (χ2v) is 10.2. The van der Waals surface area contributed by atoms with Crippen LogP contribution in [-0.4, -0.2) is 31.5 Å². The normalized spacial score (nSPS) is 19.2. The number of hydrogen-bond donors (Lipinski definition) is 0. The molecule has 0 amide bonds. The zero-order valence-electron chi connectivity index (χ0n) is 17.6. The molecule has 3 nitrogen and oxygen atoms in total. The quantitative estimate of drug-likeness (QED) is 0.491. The van der Waals surface area contributed by atoms with Crippen molar-refractivity contribution in [1.82, 2.24) is 4.31 Å². The summed E-state index contributed by atoms with van der Waals surface area (Å²) >= 11 is 0. The summed E-state index contributed by atoms with van der Waals surface area (Å²) in [6.07, 6.45) is -5.64. The van der Waals surface area contributed by atoms with E-state index in [9.17, 15) is 21.6 Å². The van der Waals surface area contributed by atoms with Crippen molar-refractivity contribution in [2.75, 3.05) is 6.54 Å². The van der Waals surface area contributed by atoms with Gasteiger partial charge >= 0.3 is 6.18 Å². The maximum absolute atomic E-state index is 13.6. The van der Waals surface area contributed by atoms with Crippen LogP contribution in [0.2, 0.25) is 0 Å². The molecule has 1 heterocycles. The van der Waals surface area contributed by atoms with E-state index >= 15 is 0 Å². The molecule has 3 aromatic rings. The molecule has 0 saturated carbocycles. The van der Waals surface area contributed by atoms with Crippen molar-refractivity contribution in [3.05, 3.63) is 102 Å². The topological polar surface area (TPSA) is 37.4 Å². The highest BCUT2D eigenvalue weighted by atomic mass is 32.2. The molecule has 4 rings (SSSR count). The Morgan fingerprint density at radius 3 is 1.84 bits per heavy atom. The fraction of sp³-hybridized carbons (Fsp3) is 0.280. The highest BCUT2D eigenvalue weighted by Gasteiger charge is 2.53. The number of rotatable bonds is 5. The largest absolute Gasteiger partial charge is 0.390 e. The van der Waals surface area contributed by atoms with Crippen molar-refractivity contribution in [2.24, 2.45) is 0 Å². The first-order valence-corrected chi connectivity index (χ1v) is 11.8. The summed E-state index contributed by atoms with van der Waals surface area (Å²) in [5.41, 5.74) is 1.61. The molecule has 7 heteroatoms. The Labute approximate surface area is 186 Å². The summed E-state index contributed by atoms with van der Waals surface area (Å²) in [6.45, 7) is 1.77. The minimum absolute atomic E-state index is 0.00666. The lowest BCUT2D eigenvalue weighted by atomic mass is 9.72. The lowest BCUT2D eigenvalue weighted by molar-refractivity contribution is -0.142. The Hall–Kier alpha value is -2.64. The molecule has 3 aromatic carbocycles. The van der Waals surface area contributed by atoms with Crippen molar-refractivity contribution in [3.8, 4) is 0 Å². The molecule has 1 aliphatic rings. The van der Waals surface area contributed by atoms with Gasteiger partial charge in [0.05, 0.1) is 11.3 Å². The van der Waals surface area contributed by atoms with Crippen LogP contribution in [0.5, 0.6) is 0 Å². The van der Waals surface area contributed by atoms with Gasteiger partial charge in [-0.25, -0.2) is 8.42 Å². The van der Waals surface area contributed by atoms with Gasteiger partial charge in [-0.15, -0.1) is 0 Å². The van der Waals surface area contributed by atoms with Gasteiger partial charge in [0.1, 0.15) is 0 Å². The van der Waals surface area contributed by atoms with Gasteiger partial charge in [0, 0.05) is 18.0 Å². The molecule has 1 atom stereocenters. The Morgan fingerprint density at radius 1 is 0.875 bits per heavy atom. The van der Waals surface area contributed by atoms with Gasteiger partial charge in [0.15, 0.2) is 0 Å². The monoisotopic (exact) mass is 459 g/mol. The van der Waals surface area contributed by atoms with Crippen molar-refractivity contribution in [1.29, 1.82) is 0 Å². The molecule has 0 bridgehead atoms. The van der Waals surface area contributed by atoms with Gasteiger partial charge < -0.3 is 0 Å². The lowest BCUT2D eigenvalue weighted by Crippen LogP contribution is -2.39. The molecule has 1 fully saturated rings. The summed E-state index contributed by atoms with van der Waals surface area (Å²) < 4.78 is 68.8. The second-order valence-electron chi connectivity index (χ2n) is 8.35. The maximum Gasteiger partial charge on any atom is 0.390 e. The van der Waals surface area contributed by atoms with E-state index in [1.54, 1.807) is 12.1 Å². The molecular weight excluding hydrogens is 435 g/mol. The fourth-order valence-electron chi connectivity index (χ4n) is 4.63. The molecule has 168 valence electrons. The predicted octanol–water partition coefficient (Wildman–Crippen LogP) is 5.70. The van der Waals surface area contributed by atoms with Crippen molar-refractivity contribution >= 4 is 10.0 Å². The minimum Gasteiger partial charge on any atom is -0.207 e. The summed E-state index contributed by atoms with van der Waals surface area (Å²) in [6, 6.07) is 23.5. The van der Waals surface area contributed by atoms with Crippen LogP contribution in [0.3, 0.4) is 0 Å². The molecule has 1 saturated heterocycles. The van der Waals surface area contributed by atoms with Crippen molar-refractivity contribution < 1.29 is 21.6 Å². The summed E-state index contributed by atoms with van der Waals surface area (Å²) in [5.74, 6) is 0. The van der Waals surface area contributed by atoms with Crippen LogP contribution < -0.4 is 0 Å². The van der Waals surface area contributed by atoms with Gasteiger partial charge in [0.2, 0.25) is 10.0 Å². The third kappa shape index (κ3) is 4.32. The van der Waals surface area contributed by atoms with E-state index in [1.807, 2.05) is 67.6 Å². The van der Waals surface area contributed by atoms with E-state index in [-0.39, 0.29) is 17.9 Å². The van der Waals surface area contributed by atoms with Crippen LogP contribution in [0.4, 0.5) is 13.2 Å². The van der Waals surface area contributed by atoms with Gasteiger partial charge in [-0.2, -0.15) is 17.5 Å². The summed E-state index contributed by atoms with van der Waals surface area (Å²) in [5, 5.41) is 0. The molecule has 0 aromatic heterocycles. The number of alkyl halides is 3. The highest BCUT2D eigenvalue weighted by molar-refractivity contribution is 7.89. The van der Waals surface area contributed by atoms with Crippen LogP contribution in [0, 0.1) is 6.92 Å². The van der Waals surface area contributed by atoms with Crippen LogP contribution in [0.15, 0.2) is 89.8 Å². The second kappa shape index (κ2) is 8.37. The molecule has 0 radical (unpaired) electrons. The molecular formula is C25H24F3NO2S. The fourth-order valence-corrected chi connectivity index (χ4v) is 6.31. The number of aryl methyl sites for hydroxylation is 1. The average molecular weight is 460 g/mol. The molecule has 0 aliphatic carbocycles. The summed E-state index contributed by atoms with van der Waals surface area (Å²) in [4.78, 5) is 0.00666. The maximum atomic E-state index is 13.6. The first kappa shape index (κ1) is 22.6. The standard InChI is InChI=1S/C25H24F3NO2S/c1-19-12-14-23(15-13-19)32(30,31)29-18-24(20-8-4-2-5-9-20,21-10-6-3-7-11-21)16-22(29)17-25(26,27)28/h2-15,22H,16-18H2,1H3. The Kier molecular flexibility index (Phi) is 5.90. The Bertz CT molecular complexity index is 1120. The Balaban J connectivity index is 1.86. The molecule has 0 spiro atoms. The zero-order valence-corrected chi connectivity index (χ0v) is 18.4. The van der Waals surface area contributed by atoms with Crippen LogP contribution >= 0.6 is 0 Å². The van der Waals surface area contributed by atoms with Gasteiger partial charge in [-0.05, 0) is 36.6 Å². The SMILES string of the molecule is Cc1ccc(S(=O)(=O)N2CC(c3ccccc3)(c3ccccc3)CC2CC(F)(F)F)cc1. The Morgan fingerprint density at radius 2 is 1.38 bits per heavy atom. The molecule has 0 N–H and O–H groups in total. The first-order valence-electron chi connectivity index (χ1n) is 10.4. The third-order valence-electron chi connectivity index (χ3n) is 6.16. The summed E-state index contributed by atoms with van der Waals surface area (Å²) in [7, 11) is -4.13. The van der Waals surface area contributed by atoms with E-state index in [0.29, 0.717) is 0 Å². The number of sulfonamides is 1. The molecule has 32 heavy (non-hydrogen) atoms. The lowest BCUT2D eigenvalue weighted by Gasteiger charge is -2.30. The van der Waals surface area contributed by atoms with Crippen LogP contribution in [0.1, 0.15) is 29.5 Å². The number of halogens is 3. The van der Waals surface area contributed by atoms with Gasteiger partial charge in [-0.3, -0.25) is 0 Å². The van der Waals surface area contributed by atoms with E-state index in [4.69, 9.17) is 0 Å². The number of benzene rings is 3. The minimum atomic E-state index is -4.49. The van der Waals surface area contributed by atoms with Crippen molar-refractivity contribution in [2.45, 2.75) is 42.3 Å². The van der Waals surface area contributed by atoms with E-state index in [1.165, 1.54) is 12.1 Å². The smallest absolute Gasteiger partial charge is 0.207 e. The number of hydrogen-bond acceptors (Lipinski definition) is 2. The van der Waals surface area contributed by atoms with E-state index < -0.39 is 34.1 Å². The number of nitrogens with zero attached hydrogens (tertiary/aromatic N) is 1. The molecule has 1 aliphatic heterocycles. The average Bonchev–Trinajstić information content (AvgIpc) is 3.15. The van der Waals surface area contributed by atoms with E-state index in [2.05, 4.69) is 0 Å². The molecule has 1 unspecified atom stereocenters.